The number of halogens is 1. The van der Waals surface area contributed by atoms with Crippen molar-refractivity contribution in [2.24, 2.45) is 0 Å². The van der Waals surface area contributed by atoms with E-state index in [2.05, 4.69) is 5.32 Å². The van der Waals surface area contributed by atoms with Crippen LogP contribution in [0.15, 0.2) is 24.3 Å². The highest BCUT2D eigenvalue weighted by atomic mass is 35.5. The van der Waals surface area contributed by atoms with Crippen molar-refractivity contribution >= 4 is 17.7 Å². The number of ether oxygens (including phenoxy) is 1. The smallest absolute Gasteiger partial charge is 0.407 e. The van der Waals surface area contributed by atoms with Gasteiger partial charge in [0, 0.05) is 18.0 Å². The Labute approximate surface area is 107 Å². The molecule has 0 saturated carbocycles. The van der Waals surface area contributed by atoms with Gasteiger partial charge in [-0.3, -0.25) is 0 Å². The second kappa shape index (κ2) is 7.17. The first kappa shape index (κ1) is 13.8. The van der Waals surface area contributed by atoms with E-state index in [1.54, 1.807) is 0 Å². The fourth-order valence-electron chi connectivity index (χ4n) is 1.47. The monoisotopic (exact) mass is 255 g/mol. The summed E-state index contributed by atoms with van der Waals surface area (Å²) in [7, 11) is 0. The zero-order valence-corrected chi connectivity index (χ0v) is 11.0. The molecule has 0 aliphatic rings. The lowest BCUT2D eigenvalue weighted by atomic mass is 10.1. The van der Waals surface area contributed by atoms with Crippen molar-refractivity contribution in [3.8, 4) is 0 Å². The van der Waals surface area contributed by atoms with Crippen LogP contribution in [0.2, 0.25) is 5.02 Å². The van der Waals surface area contributed by atoms with Crippen LogP contribution in [0.3, 0.4) is 0 Å². The number of benzene rings is 1. The SMILES string of the molecule is CCCNC(=O)OC(C)Cc1ccccc1Cl. The summed E-state index contributed by atoms with van der Waals surface area (Å²) in [6, 6.07) is 7.57. The molecule has 1 atom stereocenters. The van der Waals surface area contributed by atoms with E-state index >= 15 is 0 Å². The summed E-state index contributed by atoms with van der Waals surface area (Å²) in [6.45, 7) is 4.49. The van der Waals surface area contributed by atoms with Gasteiger partial charge in [0.25, 0.3) is 0 Å². The summed E-state index contributed by atoms with van der Waals surface area (Å²) in [5, 5.41) is 3.37. The Kier molecular flexibility index (Phi) is 5.84. The third kappa shape index (κ3) is 5.09. The van der Waals surface area contributed by atoms with Gasteiger partial charge in [-0.25, -0.2) is 4.79 Å². The highest BCUT2D eigenvalue weighted by molar-refractivity contribution is 6.31. The molecule has 17 heavy (non-hydrogen) atoms. The lowest BCUT2D eigenvalue weighted by Gasteiger charge is -2.14. The largest absolute Gasteiger partial charge is 0.446 e. The van der Waals surface area contributed by atoms with E-state index in [0.717, 1.165) is 12.0 Å². The highest BCUT2D eigenvalue weighted by Gasteiger charge is 2.10. The number of rotatable bonds is 5. The Hall–Kier alpha value is -1.22. The molecule has 0 bridgehead atoms. The molecule has 0 heterocycles. The van der Waals surface area contributed by atoms with Crippen molar-refractivity contribution in [3.05, 3.63) is 34.9 Å². The van der Waals surface area contributed by atoms with E-state index in [1.807, 2.05) is 38.1 Å². The minimum atomic E-state index is -0.369. The second-order valence-corrected chi connectivity index (χ2v) is 4.35. The van der Waals surface area contributed by atoms with Crippen LogP contribution >= 0.6 is 11.6 Å². The Morgan fingerprint density at radius 1 is 1.47 bits per heavy atom. The van der Waals surface area contributed by atoms with E-state index in [0.29, 0.717) is 18.0 Å². The van der Waals surface area contributed by atoms with E-state index in [-0.39, 0.29) is 12.2 Å². The van der Waals surface area contributed by atoms with Gasteiger partial charge >= 0.3 is 6.09 Å². The second-order valence-electron chi connectivity index (χ2n) is 3.94. The first-order valence-corrected chi connectivity index (χ1v) is 6.19. The topological polar surface area (TPSA) is 38.3 Å². The molecule has 0 aliphatic carbocycles. The van der Waals surface area contributed by atoms with Crippen molar-refractivity contribution < 1.29 is 9.53 Å². The van der Waals surface area contributed by atoms with E-state index < -0.39 is 0 Å². The lowest BCUT2D eigenvalue weighted by molar-refractivity contribution is 0.107. The summed E-state index contributed by atoms with van der Waals surface area (Å²) < 4.78 is 5.20. The van der Waals surface area contributed by atoms with Crippen LogP contribution in [0.25, 0.3) is 0 Å². The standard InChI is InChI=1S/C13H18ClNO2/c1-3-8-15-13(16)17-10(2)9-11-6-4-5-7-12(11)14/h4-7,10H,3,8-9H2,1-2H3,(H,15,16). The van der Waals surface area contributed by atoms with E-state index in [1.165, 1.54) is 0 Å². The lowest BCUT2D eigenvalue weighted by Crippen LogP contribution is -2.29. The number of hydrogen-bond donors (Lipinski definition) is 1. The zero-order chi connectivity index (χ0) is 12.7. The van der Waals surface area contributed by atoms with E-state index in [9.17, 15) is 4.79 Å². The molecular weight excluding hydrogens is 238 g/mol. The van der Waals surface area contributed by atoms with Gasteiger partial charge in [0.05, 0.1) is 0 Å². The fourth-order valence-corrected chi connectivity index (χ4v) is 1.68. The molecule has 94 valence electrons. The molecule has 1 amide bonds. The van der Waals surface area contributed by atoms with Crippen LogP contribution in [0.1, 0.15) is 25.8 Å². The number of hydrogen-bond acceptors (Lipinski definition) is 2. The van der Waals surface area contributed by atoms with Gasteiger partial charge in [-0.1, -0.05) is 36.7 Å². The fraction of sp³-hybridized carbons (Fsp3) is 0.462. The van der Waals surface area contributed by atoms with Gasteiger partial charge < -0.3 is 10.1 Å². The zero-order valence-electron chi connectivity index (χ0n) is 10.2. The predicted octanol–water partition coefficient (Wildman–Crippen LogP) is 3.41. The summed E-state index contributed by atoms with van der Waals surface area (Å²) in [5.41, 5.74) is 0.991. The Bertz CT molecular complexity index is 368. The summed E-state index contributed by atoms with van der Waals surface area (Å²) in [5.74, 6) is 0. The molecular formula is C13H18ClNO2. The maximum absolute atomic E-state index is 11.3. The van der Waals surface area contributed by atoms with Crippen LogP contribution < -0.4 is 5.32 Å². The number of nitrogens with one attached hydrogen (secondary N) is 1. The summed E-state index contributed by atoms with van der Waals surface area (Å²) in [6.07, 6.45) is 0.964. The van der Waals surface area contributed by atoms with Gasteiger partial charge in [-0.15, -0.1) is 0 Å². The van der Waals surface area contributed by atoms with Crippen LogP contribution in [0.4, 0.5) is 4.79 Å². The number of amides is 1. The van der Waals surface area contributed by atoms with Crippen molar-refractivity contribution in [3.63, 3.8) is 0 Å². The van der Waals surface area contributed by atoms with Crippen LogP contribution in [-0.2, 0) is 11.2 Å². The summed E-state index contributed by atoms with van der Waals surface area (Å²) in [4.78, 5) is 11.3. The minimum absolute atomic E-state index is 0.188. The van der Waals surface area contributed by atoms with Crippen molar-refractivity contribution in [1.82, 2.24) is 5.32 Å². The average molecular weight is 256 g/mol. The van der Waals surface area contributed by atoms with Gasteiger partial charge in [0.15, 0.2) is 0 Å². The molecule has 1 aromatic carbocycles. The molecule has 0 aromatic heterocycles. The van der Waals surface area contributed by atoms with Gasteiger partial charge in [-0.05, 0) is 25.0 Å². The van der Waals surface area contributed by atoms with Gasteiger partial charge in [-0.2, -0.15) is 0 Å². The molecule has 0 fully saturated rings. The maximum Gasteiger partial charge on any atom is 0.407 e. The molecule has 1 rings (SSSR count). The minimum Gasteiger partial charge on any atom is -0.446 e. The van der Waals surface area contributed by atoms with Crippen LogP contribution in [-0.4, -0.2) is 18.7 Å². The summed E-state index contributed by atoms with van der Waals surface area (Å²) >= 11 is 6.03. The van der Waals surface area contributed by atoms with Crippen LogP contribution in [0, 0.1) is 0 Å². The van der Waals surface area contributed by atoms with Crippen molar-refractivity contribution in [2.75, 3.05) is 6.54 Å². The Morgan fingerprint density at radius 3 is 2.82 bits per heavy atom. The molecule has 0 radical (unpaired) electrons. The molecule has 3 nitrogen and oxygen atoms in total. The first-order valence-electron chi connectivity index (χ1n) is 5.81. The Balaban J connectivity index is 2.42. The first-order chi connectivity index (χ1) is 8.13. The number of carbonyl (C=O) groups excluding carboxylic acids is 1. The van der Waals surface area contributed by atoms with Crippen molar-refractivity contribution in [1.29, 1.82) is 0 Å². The molecule has 1 aromatic rings. The number of carbonyl (C=O) groups is 1. The quantitative estimate of drug-likeness (QED) is 0.876. The van der Waals surface area contributed by atoms with Crippen LogP contribution in [0.5, 0.6) is 0 Å². The molecule has 0 saturated heterocycles. The third-order valence-corrected chi connectivity index (χ3v) is 2.66. The Morgan fingerprint density at radius 2 is 2.18 bits per heavy atom. The highest BCUT2D eigenvalue weighted by Crippen LogP contribution is 2.17. The molecule has 1 unspecified atom stereocenters. The van der Waals surface area contributed by atoms with Crippen molar-refractivity contribution in [2.45, 2.75) is 32.8 Å². The third-order valence-electron chi connectivity index (χ3n) is 2.29. The predicted molar refractivity (Wildman–Crippen MR) is 69.4 cm³/mol. The molecule has 4 heteroatoms. The van der Waals surface area contributed by atoms with Gasteiger partial charge in [0.1, 0.15) is 6.10 Å². The molecule has 0 spiro atoms. The molecule has 0 aliphatic heterocycles. The normalized spacial score (nSPS) is 11.9. The van der Waals surface area contributed by atoms with Gasteiger partial charge in [0.2, 0.25) is 0 Å². The average Bonchev–Trinajstić information content (AvgIpc) is 2.29. The maximum atomic E-state index is 11.3. The van der Waals surface area contributed by atoms with E-state index in [4.69, 9.17) is 16.3 Å². The molecule has 1 N–H and O–H groups in total. The number of alkyl carbamates (subject to hydrolysis) is 1.